The molecule has 7 heteroatoms. The summed E-state index contributed by atoms with van der Waals surface area (Å²) in [4.78, 5) is 25.8. The quantitative estimate of drug-likeness (QED) is 0.624. The van der Waals surface area contributed by atoms with E-state index in [0.717, 1.165) is 10.6 Å². The fourth-order valence-corrected chi connectivity index (χ4v) is 4.23. The van der Waals surface area contributed by atoms with Crippen LogP contribution in [0.2, 0.25) is 0 Å². The van der Waals surface area contributed by atoms with Crippen LogP contribution in [0, 0.1) is 22.4 Å². The molecule has 2 atom stereocenters. The lowest BCUT2D eigenvalue weighted by Crippen LogP contribution is -2.35. The molecule has 0 bridgehead atoms. The lowest BCUT2D eigenvalue weighted by Gasteiger charge is -2.38. The molecule has 1 saturated heterocycles. The molecule has 1 N–H and O–H groups in total. The van der Waals surface area contributed by atoms with Crippen LogP contribution in [0.1, 0.15) is 17.3 Å². The van der Waals surface area contributed by atoms with Crippen molar-refractivity contribution in [2.24, 2.45) is 11.3 Å². The van der Waals surface area contributed by atoms with Crippen LogP contribution < -0.4 is 5.32 Å². The summed E-state index contributed by atoms with van der Waals surface area (Å²) in [6.45, 7) is 2.21. The molecule has 3 aliphatic rings. The standard InChI is InChI=1S/C22H20FN2O4/c1-2-29-21(27)18-12-22-15(10-11-24-18)4-3-5-19(22)25(28)13-17(22)20(26)14-6-8-16(23)9-7-14/h3-10,12,17,24H,2,11,13H2,1H3/q-1. The van der Waals surface area contributed by atoms with E-state index in [4.69, 9.17) is 4.74 Å². The van der Waals surface area contributed by atoms with Crippen molar-refractivity contribution in [2.45, 2.75) is 6.92 Å². The minimum absolute atomic E-state index is 0.0618. The van der Waals surface area contributed by atoms with E-state index in [1.807, 2.05) is 12.2 Å². The maximum absolute atomic E-state index is 13.4. The second-order valence-corrected chi connectivity index (χ2v) is 7.08. The molecule has 150 valence electrons. The highest BCUT2D eigenvalue weighted by molar-refractivity contribution is 6.00. The van der Waals surface area contributed by atoms with Gasteiger partial charge >= 0.3 is 5.97 Å². The number of hydrogen-bond acceptors (Lipinski definition) is 6. The minimum atomic E-state index is -1.09. The maximum Gasteiger partial charge on any atom is 0.354 e. The van der Waals surface area contributed by atoms with Crippen LogP contribution in [0.5, 0.6) is 0 Å². The van der Waals surface area contributed by atoms with Gasteiger partial charge in [0.15, 0.2) is 5.78 Å². The third-order valence-corrected chi connectivity index (χ3v) is 5.53. The van der Waals surface area contributed by atoms with Crippen LogP contribution in [0.3, 0.4) is 0 Å². The monoisotopic (exact) mass is 395 g/mol. The van der Waals surface area contributed by atoms with Gasteiger partial charge in [-0.25, -0.2) is 9.18 Å². The molecular formula is C22H20FN2O4-. The van der Waals surface area contributed by atoms with E-state index in [2.05, 4.69) is 5.32 Å². The smallest absolute Gasteiger partial charge is 0.354 e. The molecule has 6 nitrogen and oxygen atoms in total. The van der Waals surface area contributed by atoms with Gasteiger partial charge in [0.2, 0.25) is 0 Å². The first-order valence-corrected chi connectivity index (χ1v) is 9.45. The number of hydroxylamine groups is 2. The number of carbonyl (C=O) groups excluding carboxylic acids is 2. The highest BCUT2D eigenvalue weighted by Crippen LogP contribution is 2.54. The number of halogens is 1. The predicted octanol–water partition coefficient (Wildman–Crippen LogP) is 2.85. The number of nitrogens with one attached hydrogen (secondary N) is 1. The zero-order valence-corrected chi connectivity index (χ0v) is 15.9. The highest BCUT2D eigenvalue weighted by atomic mass is 19.1. The first kappa shape index (κ1) is 19.1. The molecule has 1 aromatic rings. The normalized spacial score (nSPS) is 25.0. The van der Waals surface area contributed by atoms with Gasteiger partial charge in [-0.05, 0) is 48.9 Å². The number of ketones is 1. The van der Waals surface area contributed by atoms with Crippen molar-refractivity contribution in [3.8, 4) is 0 Å². The molecule has 1 aromatic carbocycles. The van der Waals surface area contributed by atoms with E-state index < -0.39 is 23.1 Å². The summed E-state index contributed by atoms with van der Waals surface area (Å²) >= 11 is 0. The zero-order valence-electron chi connectivity index (χ0n) is 15.9. The zero-order chi connectivity index (χ0) is 20.6. The van der Waals surface area contributed by atoms with E-state index in [9.17, 15) is 19.2 Å². The molecule has 2 heterocycles. The molecule has 1 fully saturated rings. The molecule has 0 radical (unpaired) electrons. The minimum Gasteiger partial charge on any atom is -0.758 e. The lowest BCUT2D eigenvalue weighted by molar-refractivity contribution is -0.139. The molecule has 0 saturated carbocycles. The van der Waals surface area contributed by atoms with Crippen molar-refractivity contribution in [1.29, 1.82) is 0 Å². The van der Waals surface area contributed by atoms with Crippen molar-refractivity contribution in [2.75, 3.05) is 19.7 Å². The van der Waals surface area contributed by atoms with Gasteiger partial charge in [0, 0.05) is 24.4 Å². The topological polar surface area (TPSA) is 81.7 Å². The van der Waals surface area contributed by atoms with Crippen LogP contribution in [-0.4, -0.2) is 36.5 Å². The Hall–Kier alpha value is -3.19. The van der Waals surface area contributed by atoms with Crippen molar-refractivity contribution in [1.82, 2.24) is 10.4 Å². The number of esters is 1. The molecule has 0 aromatic heterocycles. The fourth-order valence-electron chi connectivity index (χ4n) is 4.23. The average Bonchev–Trinajstić information content (AvgIpc) is 2.87. The summed E-state index contributed by atoms with van der Waals surface area (Å²) < 4.78 is 18.5. The van der Waals surface area contributed by atoms with Crippen molar-refractivity contribution in [3.63, 3.8) is 0 Å². The summed E-state index contributed by atoms with van der Waals surface area (Å²) in [5.41, 5.74) is 0.607. The van der Waals surface area contributed by atoms with E-state index in [1.54, 1.807) is 25.2 Å². The van der Waals surface area contributed by atoms with Crippen LogP contribution in [0.25, 0.3) is 0 Å². The summed E-state index contributed by atoms with van der Waals surface area (Å²) in [6, 6.07) is 5.27. The Kier molecular flexibility index (Phi) is 4.84. The van der Waals surface area contributed by atoms with Crippen LogP contribution in [0.15, 0.2) is 71.6 Å². The van der Waals surface area contributed by atoms with E-state index in [-0.39, 0.29) is 24.6 Å². The largest absolute Gasteiger partial charge is 0.758 e. The molecule has 1 spiro atoms. The van der Waals surface area contributed by atoms with Gasteiger partial charge in [-0.15, -0.1) is 0 Å². The lowest BCUT2D eigenvalue weighted by atomic mass is 9.65. The number of hydrogen-bond donors (Lipinski definition) is 1. The number of allylic oxidation sites excluding steroid dienone is 4. The van der Waals surface area contributed by atoms with Crippen molar-refractivity contribution < 1.29 is 18.7 Å². The second kappa shape index (κ2) is 7.33. The Bertz CT molecular complexity index is 977. The molecule has 2 unspecified atom stereocenters. The number of nitrogens with zero attached hydrogens (tertiary/aromatic N) is 1. The summed E-state index contributed by atoms with van der Waals surface area (Å²) in [7, 11) is 0. The summed E-state index contributed by atoms with van der Waals surface area (Å²) in [6.07, 6.45) is 8.80. The average molecular weight is 395 g/mol. The Balaban J connectivity index is 1.86. The Morgan fingerprint density at radius 1 is 1.34 bits per heavy atom. The second-order valence-electron chi connectivity index (χ2n) is 7.08. The van der Waals surface area contributed by atoms with Gasteiger partial charge < -0.3 is 20.3 Å². The Labute approximate surface area is 167 Å². The molecule has 4 rings (SSSR count). The van der Waals surface area contributed by atoms with Gasteiger partial charge in [0.25, 0.3) is 0 Å². The van der Waals surface area contributed by atoms with Crippen molar-refractivity contribution >= 4 is 11.8 Å². The predicted molar refractivity (Wildman–Crippen MR) is 105 cm³/mol. The van der Waals surface area contributed by atoms with E-state index >= 15 is 0 Å². The van der Waals surface area contributed by atoms with Gasteiger partial charge in [0.1, 0.15) is 11.5 Å². The number of Topliss-reactive ketones (excluding diaryl/α,β-unsaturated/α-hetero) is 1. The number of carbonyl (C=O) groups is 2. The van der Waals surface area contributed by atoms with Crippen LogP contribution >= 0.6 is 0 Å². The Morgan fingerprint density at radius 3 is 2.83 bits per heavy atom. The van der Waals surface area contributed by atoms with E-state index in [0.29, 0.717) is 17.8 Å². The molecule has 1 aliphatic carbocycles. The molecule has 29 heavy (non-hydrogen) atoms. The number of ether oxygens (including phenoxy) is 1. The third-order valence-electron chi connectivity index (χ3n) is 5.53. The van der Waals surface area contributed by atoms with E-state index in [1.165, 1.54) is 24.3 Å². The number of rotatable bonds is 4. The summed E-state index contributed by atoms with van der Waals surface area (Å²) in [5, 5.41) is 16.6. The molecule has 0 amide bonds. The van der Waals surface area contributed by atoms with Gasteiger partial charge in [-0.3, -0.25) is 4.79 Å². The van der Waals surface area contributed by atoms with Gasteiger partial charge in [-0.1, -0.05) is 18.2 Å². The molecule has 2 aliphatic heterocycles. The first-order valence-electron chi connectivity index (χ1n) is 9.45. The van der Waals surface area contributed by atoms with Crippen LogP contribution in [0.4, 0.5) is 4.39 Å². The van der Waals surface area contributed by atoms with Gasteiger partial charge in [0.05, 0.1) is 17.9 Å². The molecular weight excluding hydrogens is 375 g/mol. The van der Waals surface area contributed by atoms with Crippen LogP contribution in [-0.2, 0) is 9.53 Å². The fraction of sp³-hybridized carbons (Fsp3) is 0.273. The Morgan fingerprint density at radius 2 is 2.10 bits per heavy atom. The summed E-state index contributed by atoms with van der Waals surface area (Å²) in [5.74, 6) is -2.03. The maximum atomic E-state index is 13.4. The van der Waals surface area contributed by atoms with Crippen molar-refractivity contribution in [3.05, 3.63) is 88.2 Å². The van der Waals surface area contributed by atoms with Gasteiger partial charge in [-0.2, -0.15) is 0 Å². The highest BCUT2D eigenvalue weighted by Gasteiger charge is 2.53. The third kappa shape index (κ3) is 3.07. The SMILES string of the molecule is CCOC(=O)C1=CC23C(=CCN1)C=CC=C2N([O-])CC3C(=O)c1ccc(F)cc1. The first-order chi connectivity index (χ1) is 14.0. The number of benzene rings is 1.